The Kier molecular flexibility index (Phi) is 5.58. The van der Waals surface area contributed by atoms with Gasteiger partial charge in [-0.2, -0.15) is 10.2 Å². The molecule has 0 fully saturated rings. The predicted octanol–water partition coefficient (Wildman–Crippen LogP) is 1.67. The van der Waals surface area contributed by atoms with Crippen molar-refractivity contribution in [1.29, 1.82) is 0 Å². The molecule has 8 nitrogen and oxygen atoms in total. The van der Waals surface area contributed by atoms with Gasteiger partial charge in [-0.15, -0.1) is 0 Å². The number of benzene rings is 1. The lowest BCUT2D eigenvalue weighted by Crippen LogP contribution is -2.36. The van der Waals surface area contributed by atoms with Crippen LogP contribution in [0.25, 0.3) is 11.1 Å². The molecule has 0 saturated carbocycles. The Bertz CT molecular complexity index is 987. The number of primary amides is 1. The molecule has 3 aromatic rings. The van der Waals surface area contributed by atoms with Crippen molar-refractivity contribution in [3.05, 3.63) is 59.7 Å². The number of carbonyl (C=O) groups excluding carboxylic acids is 2. The van der Waals surface area contributed by atoms with Gasteiger partial charge in [-0.25, -0.2) is 0 Å². The summed E-state index contributed by atoms with van der Waals surface area (Å²) >= 11 is 0. The van der Waals surface area contributed by atoms with E-state index in [4.69, 9.17) is 5.73 Å². The summed E-state index contributed by atoms with van der Waals surface area (Å²) in [6, 6.07) is 9.20. The highest BCUT2D eigenvalue weighted by Crippen LogP contribution is 2.19. The Labute approximate surface area is 163 Å². The first kappa shape index (κ1) is 19.3. The zero-order valence-corrected chi connectivity index (χ0v) is 16.2. The van der Waals surface area contributed by atoms with Crippen LogP contribution in [0, 0.1) is 13.8 Å². The maximum atomic E-state index is 12.5. The van der Waals surface area contributed by atoms with Crippen LogP contribution in [0.4, 0.5) is 0 Å². The fourth-order valence-electron chi connectivity index (χ4n) is 3.04. The van der Waals surface area contributed by atoms with Crippen LogP contribution in [0.5, 0.6) is 0 Å². The monoisotopic (exact) mass is 380 g/mol. The SMILES string of the molecule is Cc1cc(C)n(C[C@H](C)NC(=O)c2ccc(-c3cnn(CC(N)=O)c3)cc2)n1. The van der Waals surface area contributed by atoms with Gasteiger partial charge in [0.05, 0.1) is 18.4 Å². The smallest absolute Gasteiger partial charge is 0.251 e. The standard InChI is InChI=1S/C20H24N6O2/c1-13-8-15(3)26(24-13)10-14(2)23-20(28)17-6-4-16(5-7-17)18-9-22-25(11-18)12-19(21)27/h4-9,11,14H,10,12H2,1-3H3,(H2,21,27)(H,23,28)/t14-/m0/s1. The molecule has 0 aliphatic carbocycles. The van der Waals surface area contributed by atoms with Crippen molar-refractivity contribution in [3.63, 3.8) is 0 Å². The number of nitrogens with one attached hydrogen (secondary N) is 1. The van der Waals surface area contributed by atoms with Crippen molar-refractivity contribution in [2.45, 2.75) is 39.9 Å². The number of hydrogen-bond donors (Lipinski definition) is 2. The highest BCUT2D eigenvalue weighted by atomic mass is 16.2. The van der Waals surface area contributed by atoms with E-state index in [2.05, 4.69) is 15.5 Å². The minimum Gasteiger partial charge on any atom is -0.368 e. The molecule has 2 heterocycles. The molecule has 0 saturated heterocycles. The van der Waals surface area contributed by atoms with Crippen LogP contribution < -0.4 is 11.1 Å². The van der Waals surface area contributed by atoms with Gasteiger partial charge in [-0.3, -0.25) is 19.0 Å². The van der Waals surface area contributed by atoms with Crippen molar-refractivity contribution >= 4 is 11.8 Å². The molecule has 1 atom stereocenters. The summed E-state index contributed by atoms with van der Waals surface area (Å²) in [5.41, 5.74) is 9.54. The molecule has 3 N–H and O–H groups in total. The van der Waals surface area contributed by atoms with E-state index in [9.17, 15) is 9.59 Å². The maximum Gasteiger partial charge on any atom is 0.251 e. The van der Waals surface area contributed by atoms with E-state index in [-0.39, 0.29) is 18.5 Å². The summed E-state index contributed by atoms with van der Waals surface area (Å²) in [6.45, 7) is 6.55. The molecule has 8 heteroatoms. The molecule has 0 aliphatic heterocycles. The molecule has 1 aromatic carbocycles. The van der Waals surface area contributed by atoms with E-state index in [1.165, 1.54) is 4.68 Å². The third-order valence-electron chi connectivity index (χ3n) is 4.36. The van der Waals surface area contributed by atoms with E-state index in [1.807, 2.05) is 43.7 Å². The van der Waals surface area contributed by atoms with E-state index >= 15 is 0 Å². The second kappa shape index (κ2) is 8.08. The Morgan fingerprint density at radius 3 is 2.50 bits per heavy atom. The van der Waals surface area contributed by atoms with Crippen molar-refractivity contribution in [3.8, 4) is 11.1 Å². The summed E-state index contributed by atoms with van der Waals surface area (Å²) < 4.78 is 3.38. The summed E-state index contributed by atoms with van der Waals surface area (Å²) in [6.07, 6.45) is 3.41. The number of nitrogens with zero attached hydrogens (tertiary/aromatic N) is 4. The van der Waals surface area contributed by atoms with Gasteiger partial charge < -0.3 is 11.1 Å². The molecule has 0 radical (unpaired) electrons. The Hall–Kier alpha value is -3.42. The molecular weight excluding hydrogens is 356 g/mol. The summed E-state index contributed by atoms with van der Waals surface area (Å²) in [5.74, 6) is -0.582. The van der Waals surface area contributed by atoms with E-state index in [0.717, 1.165) is 22.5 Å². The lowest BCUT2D eigenvalue weighted by molar-refractivity contribution is -0.118. The van der Waals surface area contributed by atoms with Gasteiger partial charge in [0, 0.05) is 29.1 Å². The quantitative estimate of drug-likeness (QED) is 0.650. The number of aromatic nitrogens is 4. The Balaban J connectivity index is 1.62. The maximum absolute atomic E-state index is 12.5. The summed E-state index contributed by atoms with van der Waals surface area (Å²) in [5, 5.41) is 11.5. The van der Waals surface area contributed by atoms with Crippen LogP contribution in [-0.4, -0.2) is 37.4 Å². The van der Waals surface area contributed by atoms with Gasteiger partial charge in [0.1, 0.15) is 6.54 Å². The number of carbonyl (C=O) groups is 2. The third-order valence-corrected chi connectivity index (χ3v) is 4.36. The van der Waals surface area contributed by atoms with E-state index in [0.29, 0.717) is 12.1 Å². The molecule has 0 aliphatic rings. The van der Waals surface area contributed by atoms with Gasteiger partial charge in [0.2, 0.25) is 5.91 Å². The minimum absolute atomic E-state index is 0.0353. The first-order chi connectivity index (χ1) is 13.3. The summed E-state index contributed by atoms with van der Waals surface area (Å²) in [4.78, 5) is 23.5. The molecule has 146 valence electrons. The summed E-state index contributed by atoms with van der Waals surface area (Å²) in [7, 11) is 0. The number of amides is 2. The van der Waals surface area contributed by atoms with Crippen LogP contribution in [0.2, 0.25) is 0 Å². The van der Waals surface area contributed by atoms with Crippen molar-refractivity contribution in [2.24, 2.45) is 5.73 Å². The molecule has 0 spiro atoms. The molecule has 0 bridgehead atoms. The minimum atomic E-state index is -0.448. The van der Waals surface area contributed by atoms with Crippen LogP contribution in [0.3, 0.4) is 0 Å². The predicted molar refractivity (Wildman–Crippen MR) is 105 cm³/mol. The molecule has 2 amide bonds. The van der Waals surface area contributed by atoms with E-state index in [1.54, 1.807) is 24.5 Å². The van der Waals surface area contributed by atoms with Crippen LogP contribution in [0.15, 0.2) is 42.7 Å². The highest BCUT2D eigenvalue weighted by Gasteiger charge is 2.12. The van der Waals surface area contributed by atoms with Gasteiger partial charge in [-0.1, -0.05) is 12.1 Å². The highest BCUT2D eigenvalue weighted by molar-refractivity contribution is 5.94. The molecule has 3 rings (SSSR count). The van der Waals surface area contributed by atoms with Crippen molar-refractivity contribution in [2.75, 3.05) is 0 Å². The largest absolute Gasteiger partial charge is 0.368 e. The average molecular weight is 380 g/mol. The number of rotatable bonds is 7. The van der Waals surface area contributed by atoms with Crippen LogP contribution in [0.1, 0.15) is 28.7 Å². The molecule has 0 unspecified atom stereocenters. The van der Waals surface area contributed by atoms with Crippen molar-refractivity contribution < 1.29 is 9.59 Å². The van der Waals surface area contributed by atoms with Crippen molar-refractivity contribution in [1.82, 2.24) is 24.9 Å². The lowest BCUT2D eigenvalue weighted by Gasteiger charge is -2.15. The zero-order valence-electron chi connectivity index (χ0n) is 16.2. The Morgan fingerprint density at radius 1 is 1.18 bits per heavy atom. The number of aryl methyl sites for hydroxylation is 2. The molecule has 2 aromatic heterocycles. The van der Waals surface area contributed by atoms with Gasteiger partial charge in [-0.05, 0) is 44.5 Å². The van der Waals surface area contributed by atoms with E-state index < -0.39 is 5.91 Å². The number of hydrogen-bond acceptors (Lipinski definition) is 4. The zero-order chi connectivity index (χ0) is 20.3. The van der Waals surface area contributed by atoms with Crippen LogP contribution in [-0.2, 0) is 17.9 Å². The number of nitrogens with two attached hydrogens (primary N) is 1. The first-order valence-corrected chi connectivity index (χ1v) is 9.05. The Morgan fingerprint density at radius 2 is 1.89 bits per heavy atom. The van der Waals surface area contributed by atoms with Gasteiger partial charge in [0.25, 0.3) is 5.91 Å². The molecular formula is C20H24N6O2. The third kappa shape index (κ3) is 4.64. The topological polar surface area (TPSA) is 108 Å². The second-order valence-electron chi connectivity index (χ2n) is 6.95. The second-order valence-corrected chi connectivity index (χ2v) is 6.95. The van der Waals surface area contributed by atoms with Crippen LogP contribution >= 0.6 is 0 Å². The fraction of sp³-hybridized carbons (Fsp3) is 0.300. The average Bonchev–Trinajstić information content (AvgIpc) is 3.20. The lowest BCUT2D eigenvalue weighted by atomic mass is 10.1. The fourth-order valence-corrected chi connectivity index (χ4v) is 3.04. The normalized spacial score (nSPS) is 12.0. The molecule has 28 heavy (non-hydrogen) atoms. The van der Waals surface area contributed by atoms with Gasteiger partial charge >= 0.3 is 0 Å². The van der Waals surface area contributed by atoms with Gasteiger partial charge in [0.15, 0.2) is 0 Å². The first-order valence-electron chi connectivity index (χ1n) is 9.05.